The van der Waals surface area contributed by atoms with Crippen molar-refractivity contribution < 1.29 is 22.3 Å². The fourth-order valence-corrected chi connectivity index (χ4v) is 4.38. The molecule has 1 amide bonds. The highest BCUT2D eigenvalue weighted by Gasteiger charge is 2.32. The highest BCUT2D eigenvalue weighted by atomic mass is 32.2. The summed E-state index contributed by atoms with van der Waals surface area (Å²) in [5.41, 5.74) is 5.31. The van der Waals surface area contributed by atoms with Gasteiger partial charge in [-0.05, 0) is 61.4 Å². The Bertz CT molecular complexity index is 882. The molecule has 0 radical (unpaired) electrons. The highest BCUT2D eigenvalue weighted by molar-refractivity contribution is 7.89. The van der Waals surface area contributed by atoms with Crippen LogP contribution in [0.4, 0.5) is 4.39 Å². The van der Waals surface area contributed by atoms with Crippen molar-refractivity contribution >= 4 is 15.9 Å². The van der Waals surface area contributed by atoms with Gasteiger partial charge in [0.05, 0.1) is 10.8 Å². The maximum absolute atomic E-state index is 12.9. The zero-order valence-corrected chi connectivity index (χ0v) is 14.8. The van der Waals surface area contributed by atoms with E-state index in [1.807, 2.05) is 0 Å². The van der Waals surface area contributed by atoms with Crippen LogP contribution < -0.4 is 10.5 Å². The fourth-order valence-electron chi connectivity index (χ4n) is 2.86. The first kappa shape index (κ1) is 18.3. The molecule has 1 aliphatic heterocycles. The molecule has 1 atom stereocenters. The molecule has 1 saturated heterocycles. The van der Waals surface area contributed by atoms with Crippen molar-refractivity contribution in [2.75, 3.05) is 13.1 Å². The van der Waals surface area contributed by atoms with E-state index in [-0.39, 0.29) is 17.3 Å². The van der Waals surface area contributed by atoms with E-state index in [1.165, 1.54) is 52.8 Å². The van der Waals surface area contributed by atoms with E-state index in [2.05, 4.69) is 0 Å². The Balaban J connectivity index is 1.74. The third-order valence-corrected chi connectivity index (χ3v) is 6.18. The molecule has 2 aromatic rings. The quantitative estimate of drug-likeness (QED) is 0.866. The molecular formula is C18H19FN2O4S. The van der Waals surface area contributed by atoms with Crippen LogP contribution in [0.2, 0.25) is 0 Å². The highest BCUT2D eigenvalue weighted by Crippen LogP contribution is 2.27. The number of halogens is 1. The largest absolute Gasteiger partial charge is 0.457 e. The molecule has 0 aliphatic carbocycles. The van der Waals surface area contributed by atoms with E-state index >= 15 is 0 Å². The van der Waals surface area contributed by atoms with Crippen molar-refractivity contribution in [3.63, 3.8) is 0 Å². The second-order valence-corrected chi connectivity index (χ2v) is 8.07. The average Bonchev–Trinajstić information content (AvgIpc) is 2.64. The summed E-state index contributed by atoms with van der Waals surface area (Å²) in [6.45, 7) is 0.464. The molecule has 1 unspecified atom stereocenters. The van der Waals surface area contributed by atoms with E-state index in [4.69, 9.17) is 10.5 Å². The van der Waals surface area contributed by atoms with Crippen LogP contribution in [-0.4, -0.2) is 31.7 Å². The summed E-state index contributed by atoms with van der Waals surface area (Å²) >= 11 is 0. The summed E-state index contributed by atoms with van der Waals surface area (Å²) in [4.78, 5) is 11.5. The summed E-state index contributed by atoms with van der Waals surface area (Å²) in [5.74, 6) is -0.423. The Morgan fingerprint density at radius 2 is 1.65 bits per heavy atom. The molecule has 1 aliphatic rings. The summed E-state index contributed by atoms with van der Waals surface area (Å²) in [7, 11) is -3.70. The number of primary amides is 1. The molecule has 0 bridgehead atoms. The van der Waals surface area contributed by atoms with E-state index < -0.39 is 21.8 Å². The SMILES string of the molecule is NC(=O)C1CCCN(S(=O)(=O)c2ccc(Oc3ccc(F)cc3)cc2)C1. The molecular weight excluding hydrogens is 359 g/mol. The average molecular weight is 378 g/mol. The van der Waals surface area contributed by atoms with E-state index in [0.29, 0.717) is 30.9 Å². The maximum Gasteiger partial charge on any atom is 0.243 e. The number of piperidine rings is 1. The molecule has 1 heterocycles. The predicted molar refractivity (Wildman–Crippen MR) is 93.6 cm³/mol. The first-order chi connectivity index (χ1) is 12.4. The molecule has 0 spiro atoms. The van der Waals surface area contributed by atoms with Gasteiger partial charge in [-0.3, -0.25) is 4.79 Å². The molecule has 26 heavy (non-hydrogen) atoms. The maximum atomic E-state index is 12.9. The molecule has 0 saturated carbocycles. The summed E-state index contributed by atoms with van der Waals surface area (Å²) in [6, 6.07) is 11.5. The third kappa shape index (κ3) is 4.03. The van der Waals surface area contributed by atoms with Gasteiger partial charge in [0.15, 0.2) is 0 Å². The van der Waals surface area contributed by atoms with Gasteiger partial charge < -0.3 is 10.5 Å². The van der Waals surface area contributed by atoms with Crippen LogP contribution in [0, 0.1) is 11.7 Å². The monoisotopic (exact) mass is 378 g/mol. The second kappa shape index (κ2) is 7.43. The molecule has 2 N–H and O–H groups in total. The molecule has 3 rings (SSSR count). The van der Waals surface area contributed by atoms with E-state index in [0.717, 1.165) is 0 Å². The van der Waals surface area contributed by atoms with Gasteiger partial charge in [-0.25, -0.2) is 12.8 Å². The van der Waals surface area contributed by atoms with Crippen LogP contribution in [-0.2, 0) is 14.8 Å². The van der Waals surface area contributed by atoms with E-state index in [1.54, 1.807) is 0 Å². The number of sulfonamides is 1. The van der Waals surface area contributed by atoms with Crippen molar-refractivity contribution in [2.45, 2.75) is 17.7 Å². The van der Waals surface area contributed by atoms with Gasteiger partial charge in [0, 0.05) is 13.1 Å². The number of hydrogen-bond donors (Lipinski definition) is 1. The predicted octanol–water partition coefficient (Wildman–Crippen LogP) is 2.50. The van der Waals surface area contributed by atoms with Gasteiger partial charge in [-0.2, -0.15) is 4.31 Å². The number of hydrogen-bond acceptors (Lipinski definition) is 4. The number of rotatable bonds is 5. The van der Waals surface area contributed by atoms with Crippen LogP contribution in [0.1, 0.15) is 12.8 Å². The zero-order valence-electron chi connectivity index (χ0n) is 14.0. The number of carbonyl (C=O) groups is 1. The van der Waals surface area contributed by atoms with Crippen LogP contribution >= 0.6 is 0 Å². The Hall–Kier alpha value is -2.45. The number of ether oxygens (including phenoxy) is 1. The van der Waals surface area contributed by atoms with Crippen LogP contribution in [0.25, 0.3) is 0 Å². The standard InChI is InChI=1S/C18H19FN2O4S/c19-14-3-5-15(6-4-14)25-16-7-9-17(10-8-16)26(23,24)21-11-1-2-13(12-21)18(20)22/h3-10,13H,1-2,11-12H2,(H2,20,22). The second-order valence-electron chi connectivity index (χ2n) is 6.13. The first-order valence-corrected chi connectivity index (χ1v) is 9.63. The lowest BCUT2D eigenvalue weighted by Gasteiger charge is -2.30. The fraction of sp³-hybridized carbons (Fsp3) is 0.278. The topological polar surface area (TPSA) is 89.7 Å². The Morgan fingerprint density at radius 3 is 2.23 bits per heavy atom. The molecule has 138 valence electrons. The Labute approximate surface area is 151 Å². The number of benzene rings is 2. The van der Waals surface area contributed by atoms with Crippen molar-refractivity contribution in [3.05, 3.63) is 54.3 Å². The smallest absolute Gasteiger partial charge is 0.243 e. The first-order valence-electron chi connectivity index (χ1n) is 8.19. The van der Waals surface area contributed by atoms with Crippen molar-refractivity contribution in [2.24, 2.45) is 11.7 Å². The van der Waals surface area contributed by atoms with Crippen LogP contribution in [0.5, 0.6) is 11.5 Å². The van der Waals surface area contributed by atoms with Crippen molar-refractivity contribution in [1.82, 2.24) is 4.31 Å². The minimum atomic E-state index is -3.70. The van der Waals surface area contributed by atoms with Gasteiger partial charge in [-0.1, -0.05) is 0 Å². The molecule has 2 aromatic carbocycles. The molecule has 0 aromatic heterocycles. The summed E-state index contributed by atoms with van der Waals surface area (Å²) in [5, 5.41) is 0. The van der Waals surface area contributed by atoms with Gasteiger partial charge >= 0.3 is 0 Å². The summed E-state index contributed by atoms with van der Waals surface area (Å²) in [6.07, 6.45) is 1.20. The lowest BCUT2D eigenvalue weighted by atomic mass is 9.99. The van der Waals surface area contributed by atoms with Gasteiger partial charge in [0.2, 0.25) is 15.9 Å². The lowest BCUT2D eigenvalue weighted by molar-refractivity contribution is -0.122. The van der Waals surface area contributed by atoms with Gasteiger partial charge in [0.25, 0.3) is 0 Å². The van der Waals surface area contributed by atoms with Crippen LogP contribution in [0.3, 0.4) is 0 Å². The van der Waals surface area contributed by atoms with Crippen molar-refractivity contribution in [1.29, 1.82) is 0 Å². The zero-order chi connectivity index (χ0) is 18.7. The number of amides is 1. The molecule has 1 fully saturated rings. The lowest BCUT2D eigenvalue weighted by Crippen LogP contribution is -2.43. The van der Waals surface area contributed by atoms with Crippen molar-refractivity contribution in [3.8, 4) is 11.5 Å². The summed E-state index contributed by atoms with van der Waals surface area (Å²) < 4.78 is 45.3. The normalized spacial score (nSPS) is 18.4. The Morgan fingerprint density at radius 1 is 1.08 bits per heavy atom. The van der Waals surface area contributed by atoms with Crippen LogP contribution in [0.15, 0.2) is 53.4 Å². The molecule has 8 heteroatoms. The minimum absolute atomic E-state index is 0.103. The van der Waals surface area contributed by atoms with Gasteiger partial charge in [-0.15, -0.1) is 0 Å². The number of carbonyl (C=O) groups excluding carboxylic acids is 1. The number of nitrogens with zero attached hydrogens (tertiary/aromatic N) is 1. The van der Waals surface area contributed by atoms with E-state index in [9.17, 15) is 17.6 Å². The Kier molecular flexibility index (Phi) is 5.24. The third-order valence-electron chi connectivity index (χ3n) is 4.30. The minimum Gasteiger partial charge on any atom is -0.457 e. The molecule has 6 nitrogen and oxygen atoms in total. The number of nitrogens with two attached hydrogens (primary N) is 1. The van der Waals surface area contributed by atoms with Gasteiger partial charge in [0.1, 0.15) is 17.3 Å².